The normalized spacial score (nSPS) is 15.7. The third-order valence-electron chi connectivity index (χ3n) is 5.23. The summed E-state index contributed by atoms with van der Waals surface area (Å²) in [6, 6.07) is 9.30. The quantitative estimate of drug-likeness (QED) is 0.366. The van der Waals surface area contributed by atoms with E-state index in [1.807, 2.05) is 0 Å². The Balaban J connectivity index is 2.27. The maximum Gasteiger partial charge on any atom is 0.157 e. The van der Waals surface area contributed by atoms with Gasteiger partial charge in [0.05, 0.1) is 12.2 Å². The number of aliphatic hydroxyl groups is 2. The molecule has 28 heavy (non-hydrogen) atoms. The second-order valence-corrected chi connectivity index (χ2v) is 7.65. The van der Waals surface area contributed by atoms with Gasteiger partial charge in [-0.15, -0.1) is 0 Å². The van der Waals surface area contributed by atoms with Crippen LogP contribution in [0, 0.1) is 11.8 Å². The number of phenolic OH excluding ortho intramolecular Hbond substituents is 4. The van der Waals surface area contributed by atoms with Crippen LogP contribution in [0.3, 0.4) is 0 Å². The van der Waals surface area contributed by atoms with Gasteiger partial charge in [-0.1, -0.05) is 12.1 Å². The highest BCUT2D eigenvalue weighted by Crippen LogP contribution is 2.33. The molecule has 4 atom stereocenters. The molecule has 0 aromatic heterocycles. The minimum absolute atomic E-state index is 0.00510. The van der Waals surface area contributed by atoms with Gasteiger partial charge in [-0.25, -0.2) is 0 Å². The van der Waals surface area contributed by atoms with Crippen molar-refractivity contribution >= 4 is 0 Å². The Hall–Kier alpha value is -2.44. The van der Waals surface area contributed by atoms with Gasteiger partial charge in [0.1, 0.15) is 0 Å². The summed E-state index contributed by atoms with van der Waals surface area (Å²) in [7, 11) is 0. The van der Waals surface area contributed by atoms with Crippen molar-refractivity contribution in [1.29, 1.82) is 0 Å². The van der Waals surface area contributed by atoms with Crippen LogP contribution < -0.4 is 0 Å². The highest BCUT2D eigenvalue weighted by atomic mass is 16.3. The van der Waals surface area contributed by atoms with Crippen molar-refractivity contribution in [2.45, 2.75) is 51.7 Å². The molecule has 2 aromatic carbocycles. The molecule has 0 aliphatic rings. The molecule has 0 aliphatic heterocycles. The monoisotopic (exact) mass is 390 g/mol. The minimum atomic E-state index is -0.638. The van der Waals surface area contributed by atoms with Crippen LogP contribution in [0.25, 0.3) is 0 Å². The van der Waals surface area contributed by atoms with Crippen LogP contribution in [0.1, 0.15) is 37.8 Å². The van der Waals surface area contributed by atoms with Crippen molar-refractivity contribution in [3.05, 3.63) is 47.5 Å². The average molecular weight is 390 g/mol. The Kier molecular flexibility index (Phi) is 7.54. The van der Waals surface area contributed by atoms with E-state index in [1.165, 1.54) is 24.3 Å². The highest BCUT2D eigenvalue weighted by molar-refractivity contribution is 5.41. The van der Waals surface area contributed by atoms with Gasteiger partial charge in [0.15, 0.2) is 23.0 Å². The molecular formula is C22H30O6. The number of aliphatic hydroxyl groups excluding tert-OH is 2. The molecule has 0 amide bonds. The van der Waals surface area contributed by atoms with E-state index in [0.717, 1.165) is 11.1 Å². The zero-order chi connectivity index (χ0) is 20.8. The first kappa shape index (κ1) is 21.9. The van der Waals surface area contributed by atoms with Gasteiger partial charge in [-0.2, -0.15) is 0 Å². The molecule has 2 aromatic rings. The van der Waals surface area contributed by atoms with Gasteiger partial charge in [-0.05, 0) is 86.8 Å². The third-order valence-corrected chi connectivity index (χ3v) is 5.23. The Morgan fingerprint density at radius 3 is 1.61 bits per heavy atom. The highest BCUT2D eigenvalue weighted by Gasteiger charge is 2.27. The maximum absolute atomic E-state index is 10.4. The number of benzene rings is 2. The molecule has 0 fully saturated rings. The summed E-state index contributed by atoms with van der Waals surface area (Å²) in [4.78, 5) is 0. The van der Waals surface area contributed by atoms with Crippen molar-refractivity contribution in [3.8, 4) is 23.0 Å². The summed E-state index contributed by atoms with van der Waals surface area (Å²) in [5, 5.41) is 58.8. The number of hydrogen-bond donors (Lipinski definition) is 6. The number of aromatic hydroxyl groups is 4. The lowest BCUT2D eigenvalue weighted by atomic mass is 9.77. The fourth-order valence-corrected chi connectivity index (χ4v) is 3.62. The first-order valence-electron chi connectivity index (χ1n) is 9.55. The van der Waals surface area contributed by atoms with Crippen LogP contribution in [-0.4, -0.2) is 42.8 Å². The maximum atomic E-state index is 10.4. The third kappa shape index (κ3) is 6.04. The van der Waals surface area contributed by atoms with Crippen LogP contribution in [0.4, 0.5) is 0 Å². The van der Waals surface area contributed by atoms with Gasteiger partial charge in [0, 0.05) is 0 Å². The van der Waals surface area contributed by atoms with Crippen LogP contribution in [0.5, 0.6) is 23.0 Å². The zero-order valence-corrected chi connectivity index (χ0v) is 16.3. The van der Waals surface area contributed by atoms with Gasteiger partial charge in [0.2, 0.25) is 0 Å². The van der Waals surface area contributed by atoms with E-state index in [0.29, 0.717) is 25.7 Å². The molecule has 0 saturated heterocycles. The smallest absolute Gasteiger partial charge is 0.157 e. The molecule has 6 N–H and O–H groups in total. The number of rotatable bonds is 9. The SMILES string of the molecule is C[C@H](O)CC[C@@H](Cc1ccc(O)c(O)c1)[C@H](Cc1ccc(O)c(O)c1)[C@H](C)O. The number of hydrogen-bond acceptors (Lipinski definition) is 6. The molecule has 154 valence electrons. The molecule has 0 unspecified atom stereocenters. The lowest BCUT2D eigenvalue weighted by molar-refractivity contribution is 0.0751. The second kappa shape index (κ2) is 9.66. The van der Waals surface area contributed by atoms with Gasteiger partial charge in [-0.3, -0.25) is 0 Å². The molecule has 0 heterocycles. The fraction of sp³-hybridized carbons (Fsp3) is 0.455. The largest absolute Gasteiger partial charge is 0.504 e. The lowest BCUT2D eigenvalue weighted by Crippen LogP contribution is -2.30. The topological polar surface area (TPSA) is 121 Å². The molecule has 0 radical (unpaired) electrons. The van der Waals surface area contributed by atoms with Crippen LogP contribution in [-0.2, 0) is 12.8 Å². The van der Waals surface area contributed by atoms with E-state index in [1.54, 1.807) is 26.0 Å². The van der Waals surface area contributed by atoms with E-state index in [-0.39, 0.29) is 34.8 Å². The van der Waals surface area contributed by atoms with Gasteiger partial charge >= 0.3 is 0 Å². The van der Waals surface area contributed by atoms with Gasteiger partial charge < -0.3 is 30.6 Å². The van der Waals surface area contributed by atoms with E-state index >= 15 is 0 Å². The Morgan fingerprint density at radius 2 is 1.18 bits per heavy atom. The summed E-state index contributed by atoms with van der Waals surface area (Å²) < 4.78 is 0. The van der Waals surface area contributed by atoms with Crippen LogP contribution in [0.2, 0.25) is 0 Å². The first-order valence-corrected chi connectivity index (χ1v) is 9.55. The predicted molar refractivity (Wildman–Crippen MR) is 107 cm³/mol. The zero-order valence-electron chi connectivity index (χ0n) is 16.3. The lowest BCUT2D eigenvalue weighted by Gasteiger charge is -2.30. The Morgan fingerprint density at radius 1 is 0.679 bits per heavy atom. The van der Waals surface area contributed by atoms with Crippen molar-refractivity contribution < 1.29 is 30.6 Å². The number of phenols is 4. The van der Waals surface area contributed by atoms with Crippen LogP contribution >= 0.6 is 0 Å². The summed E-state index contributed by atoms with van der Waals surface area (Å²) >= 11 is 0. The van der Waals surface area contributed by atoms with Gasteiger partial charge in [0.25, 0.3) is 0 Å². The van der Waals surface area contributed by atoms with Crippen molar-refractivity contribution in [2.75, 3.05) is 0 Å². The molecule has 6 nitrogen and oxygen atoms in total. The Labute approximate surface area is 165 Å². The van der Waals surface area contributed by atoms with E-state index < -0.39 is 12.2 Å². The second-order valence-electron chi connectivity index (χ2n) is 7.65. The molecule has 2 rings (SSSR count). The summed E-state index contributed by atoms with van der Waals surface area (Å²) in [5.74, 6) is -0.943. The van der Waals surface area contributed by atoms with Crippen molar-refractivity contribution in [3.63, 3.8) is 0 Å². The van der Waals surface area contributed by atoms with Crippen molar-refractivity contribution in [2.24, 2.45) is 11.8 Å². The molecule has 0 aliphatic carbocycles. The molecular weight excluding hydrogens is 360 g/mol. The van der Waals surface area contributed by atoms with E-state index in [9.17, 15) is 30.6 Å². The Bertz CT molecular complexity index is 772. The summed E-state index contributed by atoms with van der Waals surface area (Å²) in [6.07, 6.45) is 1.17. The van der Waals surface area contributed by atoms with E-state index in [2.05, 4.69) is 0 Å². The molecule has 6 heteroatoms. The molecule has 0 bridgehead atoms. The molecule has 0 spiro atoms. The summed E-state index contributed by atoms with van der Waals surface area (Å²) in [5.41, 5.74) is 1.61. The minimum Gasteiger partial charge on any atom is -0.504 e. The molecule has 0 saturated carbocycles. The standard InChI is InChI=1S/C22H30O6/c1-13(23)3-6-17(9-15-4-7-19(25)21(27)11-15)18(14(2)24)10-16-5-8-20(26)22(28)12-16/h4-5,7-8,11-14,17-18,23-28H,3,6,9-10H2,1-2H3/t13-,14-,17-,18+/m0/s1. The van der Waals surface area contributed by atoms with Crippen LogP contribution in [0.15, 0.2) is 36.4 Å². The van der Waals surface area contributed by atoms with E-state index in [4.69, 9.17) is 0 Å². The first-order chi connectivity index (χ1) is 13.2. The predicted octanol–water partition coefficient (Wildman–Crippen LogP) is 3.07. The average Bonchev–Trinajstić information content (AvgIpc) is 2.62. The summed E-state index contributed by atoms with van der Waals surface area (Å²) in [6.45, 7) is 3.44. The van der Waals surface area contributed by atoms with Crippen molar-refractivity contribution in [1.82, 2.24) is 0 Å². The fourth-order valence-electron chi connectivity index (χ4n) is 3.62.